The lowest BCUT2D eigenvalue weighted by Crippen LogP contribution is -2.26. The van der Waals surface area contributed by atoms with Gasteiger partial charge in [-0.3, -0.25) is 0 Å². The van der Waals surface area contributed by atoms with Crippen LogP contribution in [0.3, 0.4) is 0 Å². The molecule has 5 nitrogen and oxygen atoms in total. The van der Waals surface area contributed by atoms with Crippen molar-refractivity contribution >= 4 is 5.97 Å². The zero-order valence-corrected chi connectivity index (χ0v) is 15.9. The maximum Gasteiger partial charge on any atom is 0.329 e. The molecule has 0 unspecified atom stereocenters. The van der Waals surface area contributed by atoms with Gasteiger partial charge in [0.15, 0.2) is 0 Å². The van der Waals surface area contributed by atoms with Crippen molar-refractivity contribution in [2.75, 3.05) is 13.2 Å². The molecule has 0 atom stereocenters. The number of carboxylic acids is 1. The fraction of sp³-hybridized carbons (Fsp3) is 0.435. The third-order valence-corrected chi connectivity index (χ3v) is 6.03. The molecule has 1 N–H and O–H groups in total. The van der Waals surface area contributed by atoms with Crippen LogP contribution in [0.1, 0.15) is 37.7 Å². The average Bonchev–Trinajstić information content (AvgIpc) is 3.24. The Labute approximate surface area is 165 Å². The Balaban J connectivity index is 1.37. The molecule has 0 amide bonds. The number of hydrogen-bond donors (Lipinski definition) is 1. The normalized spacial score (nSPS) is 25.7. The van der Waals surface area contributed by atoms with Gasteiger partial charge in [0.05, 0.1) is 18.8 Å². The molecule has 5 heteroatoms. The van der Waals surface area contributed by atoms with Crippen molar-refractivity contribution in [3.05, 3.63) is 60.2 Å². The highest BCUT2D eigenvalue weighted by atomic mass is 16.5. The van der Waals surface area contributed by atoms with E-state index >= 15 is 0 Å². The molecule has 0 saturated heterocycles. The molecule has 2 fully saturated rings. The fourth-order valence-electron chi connectivity index (χ4n) is 4.59. The molecular weight excluding hydrogens is 356 g/mol. The van der Waals surface area contributed by atoms with Crippen LogP contribution in [-0.2, 0) is 20.9 Å². The van der Waals surface area contributed by atoms with Crippen molar-refractivity contribution in [1.82, 2.24) is 0 Å². The van der Waals surface area contributed by atoms with E-state index in [-0.39, 0.29) is 17.6 Å². The molecule has 2 aliphatic rings. The van der Waals surface area contributed by atoms with Gasteiger partial charge in [-0.1, -0.05) is 36.4 Å². The van der Waals surface area contributed by atoms with Gasteiger partial charge in [-0.2, -0.15) is 0 Å². The number of para-hydroxylation sites is 2. The predicted octanol–water partition coefficient (Wildman–Crippen LogP) is 4.80. The number of fused-ring (bicyclic) bond motifs is 2. The van der Waals surface area contributed by atoms with Gasteiger partial charge in [0.2, 0.25) is 0 Å². The number of rotatable bonds is 9. The van der Waals surface area contributed by atoms with Crippen molar-refractivity contribution in [3.63, 3.8) is 0 Å². The highest BCUT2D eigenvalue weighted by Crippen LogP contribution is 2.58. The predicted molar refractivity (Wildman–Crippen MR) is 104 cm³/mol. The summed E-state index contributed by atoms with van der Waals surface area (Å²) in [6.45, 7) is 0.799. The van der Waals surface area contributed by atoms with Crippen molar-refractivity contribution in [2.45, 2.75) is 44.3 Å². The second-order valence-electron chi connectivity index (χ2n) is 8.06. The second-order valence-corrected chi connectivity index (χ2v) is 8.06. The number of aliphatic carboxylic acids is 1. The molecule has 4 rings (SSSR count). The van der Waals surface area contributed by atoms with E-state index in [0.29, 0.717) is 13.2 Å². The first-order chi connectivity index (χ1) is 13.6. The summed E-state index contributed by atoms with van der Waals surface area (Å²) in [5.41, 5.74) is 0.995. The zero-order valence-electron chi connectivity index (χ0n) is 15.9. The van der Waals surface area contributed by atoms with Crippen LogP contribution >= 0.6 is 0 Å². The van der Waals surface area contributed by atoms with Gasteiger partial charge in [-0.25, -0.2) is 4.79 Å². The van der Waals surface area contributed by atoms with Gasteiger partial charge in [-0.05, 0) is 55.7 Å². The monoisotopic (exact) mass is 382 g/mol. The summed E-state index contributed by atoms with van der Waals surface area (Å²) in [6, 6.07) is 17.7. The molecule has 0 radical (unpaired) electrons. The van der Waals surface area contributed by atoms with Gasteiger partial charge in [-0.15, -0.1) is 0 Å². The van der Waals surface area contributed by atoms with Crippen molar-refractivity contribution in [2.24, 2.45) is 5.41 Å². The molecule has 2 aromatic carbocycles. The van der Waals surface area contributed by atoms with E-state index in [9.17, 15) is 4.79 Å². The third kappa shape index (κ3) is 4.21. The zero-order chi connectivity index (χ0) is 19.5. The Morgan fingerprint density at radius 1 is 0.964 bits per heavy atom. The molecule has 2 bridgehead atoms. The second kappa shape index (κ2) is 7.94. The summed E-state index contributed by atoms with van der Waals surface area (Å²) in [4.78, 5) is 10.7. The van der Waals surface area contributed by atoms with Gasteiger partial charge in [0.1, 0.15) is 18.1 Å². The molecule has 28 heavy (non-hydrogen) atoms. The minimum Gasteiger partial charge on any atom is -0.480 e. The van der Waals surface area contributed by atoms with Crippen molar-refractivity contribution in [3.8, 4) is 11.5 Å². The maximum atomic E-state index is 10.7. The van der Waals surface area contributed by atoms with Crippen LogP contribution in [0.5, 0.6) is 11.5 Å². The number of ether oxygens (including phenoxy) is 3. The molecule has 148 valence electrons. The van der Waals surface area contributed by atoms with Crippen molar-refractivity contribution in [1.29, 1.82) is 0 Å². The van der Waals surface area contributed by atoms with Gasteiger partial charge >= 0.3 is 5.97 Å². The fourth-order valence-corrected chi connectivity index (χ4v) is 4.59. The van der Waals surface area contributed by atoms with E-state index in [1.807, 2.05) is 54.6 Å². The molecule has 0 aliphatic heterocycles. The van der Waals surface area contributed by atoms with Crippen LogP contribution in [0.2, 0.25) is 0 Å². The Bertz CT molecular complexity index is 809. The van der Waals surface area contributed by atoms with E-state index in [0.717, 1.165) is 49.2 Å². The quantitative estimate of drug-likeness (QED) is 0.675. The summed E-state index contributed by atoms with van der Waals surface area (Å²) >= 11 is 0. The largest absolute Gasteiger partial charge is 0.480 e. The Hall–Kier alpha value is -2.37. The van der Waals surface area contributed by atoms with E-state index in [1.165, 1.54) is 0 Å². The van der Waals surface area contributed by atoms with Gasteiger partial charge < -0.3 is 19.3 Å². The molecular formula is C23H26O5. The van der Waals surface area contributed by atoms with Crippen LogP contribution in [0.15, 0.2) is 54.6 Å². The Morgan fingerprint density at radius 2 is 1.68 bits per heavy atom. The summed E-state index contributed by atoms with van der Waals surface area (Å²) in [5.74, 6) is 0.714. The van der Waals surface area contributed by atoms with Gasteiger partial charge in [0.25, 0.3) is 0 Å². The number of carboxylic acid groups (broad SMARTS) is 1. The lowest BCUT2D eigenvalue weighted by atomic mass is 9.85. The number of carbonyl (C=O) groups is 1. The molecule has 2 aromatic rings. The first kappa shape index (κ1) is 19.0. The maximum absolute atomic E-state index is 10.7. The molecule has 2 aliphatic carbocycles. The minimum atomic E-state index is -0.912. The molecule has 2 saturated carbocycles. The first-order valence-electron chi connectivity index (χ1n) is 9.83. The Morgan fingerprint density at radius 3 is 2.43 bits per heavy atom. The standard InChI is InChI=1S/C23H26O5/c24-21(25)15-26-17-22-10-12-23(16-22,13-11-22)27-14-18-6-4-5-9-20(18)28-19-7-2-1-3-8-19/h1-9H,10-17H2,(H,24,25). The molecule has 0 spiro atoms. The van der Waals surface area contributed by atoms with Gasteiger partial charge in [0, 0.05) is 5.56 Å². The molecule has 0 heterocycles. The Kier molecular flexibility index (Phi) is 5.38. The van der Waals surface area contributed by atoms with Crippen LogP contribution in [-0.4, -0.2) is 29.9 Å². The van der Waals surface area contributed by atoms with Crippen LogP contribution in [0.4, 0.5) is 0 Å². The smallest absolute Gasteiger partial charge is 0.329 e. The number of hydrogen-bond acceptors (Lipinski definition) is 4. The average molecular weight is 382 g/mol. The lowest BCUT2D eigenvalue weighted by Gasteiger charge is -2.28. The van der Waals surface area contributed by atoms with E-state index < -0.39 is 5.97 Å². The molecule has 0 aromatic heterocycles. The summed E-state index contributed by atoms with van der Waals surface area (Å²) < 4.78 is 17.9. The minimum absolute atomic E-state index is 0.0789. The van der Waals surface area contributed by atoms with E-state index in [4.69, 9.17) is 19.3 Å². The first-order valence-corrected chi connectivity index (χ1v) is 9.83. The van der Waals surface area contributed by atoms with Crippen LogP contribution < -0.4 is 4.74 Å². The summed E-state index contributed by atoms with van der Waals surface area (Å²) in [6.07, 6.45) is 5.03. The summed E-state index contributed by atoms with van der Waals surface area (Å²) in [5, 5.41) is 8.79. The highest BCUT2D eigenvalue weighted by molar-refractivity contribution is 5.68. The third-order valence-electron chi connectivity index (χ3n) is 6.03. The van der Waals surface area contributed by atoms with E-state index in [2.05, 4.69) is 0 Å². The summed E-state index contributed by atoms with van der Waals surface area (Å²) in [7, 11) is 0. The highest BCUT2D eigenvalue weighted by Gasteiger charge is 2.55. The number of benzene rings is 2. The van der Waals surface area contributed by atoms with Crippen LogP contribution in [0.25, 0.3) is 0 Å². The van der Waals surface area contributed by atoms with Crippen LogP contribution in [0, 0.1) is 5.41 Å². The van der Waals surface area contributed by atoms with E-state index in [1.54, 1.807) is 0 Å². The van der Waals surface area contributed by atoms with Crippen molar-refractivity contribution < 1.29 is 24.1 Å². The topological polar surface area (TPSA) is 65.0 Å². The lowest BCUT2D eigenvalue weighted by molar-refractivity contribution is -0.143. The SMILES string of the molecule is O=C(O)COCC12CCC(OCc3ccccc3Oc3ccccc3)(CC1)C2.